The Labute approximate surface area is 194 Å². The maximum absolute atomic E-state index is 11.7. The van der Waals surface area contributed by atoms with Crippen molar-refractivity contribution in [3.63, 3.8) is 0 Å². The lowest BCUT2D eigenvalue weighted by Gasteiger charge is -2.42. The zero-order chi connectivity index (χ0) is 25.3. The molecule has 34 heavy (non-hydrogen) atoms. The average molecular weight is 490 g/mol. The minimum atomic E-state index is -1.72. The SMILES string of the molecule is COc1cc(O[C@@H]2O[C@H](CO[C@@H]3O[C@@H](C)[C@H](O)[C@@H](O)[C@H]3O)[C@@H](O)[C@H](O)[C@H]2O)cc(O)c1C(C)=O. The van der Waals surface area contributed by atoms with Gasteiger partial charge in [-0.3, -0.25) is 4.79 Å². The van der Waals surface area contributed by atoms with Crippen LogP contribution in [0.1, 0.15) is 24.2 Å². The van der Waals surface area contributed by atoms with Gasteiger partial charge in [0, 0.05) is 12.1 Å². The van der Waals surface area contributed by atoms with Gasteiger partial charge < -0.3 is 59.4 Å². The monoisotopic (exact) mass is 490 g/mol. The molecule has 2 aliphatic heterocycles. The van der Waals surface area contributed by atoms with Gasteiger partial charge in [-0.25, -0.2) is 0 Å². The topological polar surface area (TPSA) is 205 Å². The van der Waals surface area contributed by atoms with E-state index in [-0.39, 0.29) is 17.1 Å². The summed E-state index contributed by atoms with van der Waals surface area (Å²) in [7, 11) is 1.28. The van der Waals surface area contributed by atoms with Crippen LogP contribution in [0.3, 0.4) is 0 Å². The molecule has 2 fully saturated rings. The molecule has 0 aromatic heterocycles. The summed E-state index contributed by atoms with van der Waals surface area (Å²) in [5.41, 5.74) is -0.0748. The van der Waals surface area contributed by atoms with Crippen molar-refractivity contribution in [2.24, 2.45) is 0 Å². The summed E-state index contributed by atoms with van der Waals surface area (Å²) >= 11 is 0. The number of phenols is 1. The number of hydrogen-bond donors (Lipinski definition) is 7. The van der Waals surface area contributed by atoms with E-state index in [1.165, 1.54) is 27.0 Å². The third-order valence-corrected chi connectivity index (χ3v) is 5.78. The fraction of sp³-hybridized carbons (Fsp3) is 0.667. The van der Waals surface area contributed by atoms with Gasteiger partial charge in [-0.05, 0) is 13.8 Å². The Bertz CT molecular complexity index is 863. The lowest BCUT2D eigenvalue weighted by atomic mass is 9.98. The Morgan fingerprint density at radius 3 is 2.15 bits per heavy atom. The molecular formula is C21H30O13. The van der Waals surface area contributed by atoms with Crippen molar-refractivity contribution in [1.82, 2.24) is 0 Å². The molecule has 2 saturated heterocycles. The van der Waals surface area contributed by atoms with Crippen molar-refractivity contribution in [3.05, 3.63) is 17.7 Å². The molecule has 0 bridgehead atoms. The van der Waals surface area contributed by atoms with Crippen molar-refractivity contribution < 1.29 is 64.2 Å². The maximum Gasteiger partial charge on any atom is 0.229 e. The minimum Gasteiger partial charge on any atom is -0.507 e. The van der Waals surface area contributed by atoms with Crippen LogP contribution in [-0.4, -0.2) is 117 Å². The number of benzene rings is 1. The number of phenolic OH excluding ortho intramolecular Hbond substituents is 1. The van der Waals surface area contributed by atoms with E-state index in [0.717, 1.165) is 6.07 Å². The van der Waals surface area contributed by atoms with Crippen molar-refractivity contribution in [2.75, 3.05) is 13.7 Å². The summed E-state index contributed by atoms with van der Waals surface area (Å²) in [5.74, 6) is -0.953. The van der Waals surface area contributed by atoms with Gasteiger partial charge in [0.2, 0.25) is 6.29 Å². The normalized spacial score (nSPS) is 38.4. The van der Waals surface area contributed by atoms with Crippen LogP contribution in [0.25, 0.3) is 0 Å². The number of ketones is 1. The number of rotatable bonds is 7. The molecule has 0 spiro atoms. The standard InChI is InChI=1S/C21H30O13/c1-7(22)13-10(23)4-9(5-11(13)30-3)33-21-19(29)17(27)15(25)12(34-21)6-31-20-18(28)16(26)14(24)8(2)32-20/h4-5,8,12,14-21,23-29H,6H2,1-3H3/t8-,12+,14-,15+,16+,17-,18+,19+,20+,21+/m0/s1. The summed E-state index contributed by atoms with van der Waals surface area (Å²) in [5, 5.41) is 70.7. The van der Waals surface area contributed by atoms with E-state index in [9.17, 15) is 40.5 Å². The molecule has 0 unspecified atom stereocenters. The molecule has 0 saturated carbocycles. The molecule has 0 amide bonds. The number of aliphatic hydroxyl groups is 6. The number of carbonyl (C=O) groups excluding carboxylic acids is 1. The Morgan fingerprint density at radius 1 is 0.912 bits per heavy atom. The number of Topliss-reactive ketones (excluding diaryl/α,β-unsaturated/α-hetero) is 1. The van der Waals surface area contributed by atoms with E-state index >= 15 is 0 Å². The van der Waals surface area contributed by atoms with Crippen LogP contribution in [0, 0.1) is 0 Å². The quantitative estimate of drug-likeness (QED) is 0.200. The first-order chi connectivity index (χ1) is 16.0. The highest BCUT2D eigenvalue weighted by Crippen LogP contribution is 2.35. The molecule has 192 valence electrons. The van der Waals surface area contributed by atoms with E-state index in [1.807, 2.05) is 0 Å². The molecule has 13 nitrogen and oxygen atoms in total. The lowest BCUT2D eigenvalue weighted by molar-refractivity contribution is -0.318. The minimum absolute atomic E-state index is 0.00608. The second kappa shape index (κ2) is 10.7. The van der Waals surface area contributed by atoms with Crippen molar-refractivity contribution >= 4 is 5.78 Å². The van der Waals surface area contributed by atoms with Crippen LogP contribution in [0.2, 0.25) is 0 Å². The molecule has 0 radical (unpaired) electrons. The molecule has 7 N–H and O–H groups in total. The highest BCUT2D eigenvalue weighted by Gasteiger charge is 2.47. The molecule has 0 aliphatic carbocycles. The summed E-state index contributed by atoms with van der Waals surface area (Å²) in [6.45, 7) is 2.24. The van der Waals surface area contributed by atoms with Crippen LogP contribution >= 0.6 is 0 Å². The first kappa shape index (κ1) is 26.5. The first-order valence-electron chi connectivity index (χ1n) is 10.6. The van der Waals surface area contributed by atoms with Gasteiger partial charge in [-0.2, -0.15) is 0 Å². The van der Waals surface area contributed by atoms with E-state index in [1.54, 1.807) is 0 Å². The summed E-state index contributed by atoms with van der Waals surface area (Å²) < 4.78 is 26.9. The van der Waals surface area contributed by atoms with Crippen LogP contribution in [0.15, 0.2) is 12.1 Å². The van der Waals surface area contributed by atoms with Crippen molar-refractivity contribution in [2.45, 2.75) is 75.3 Å². The maximum atomic E-state index is 11.7. The molecule has 1 aromatic carbocycles. The zero-order valence-corrected chi connectivity index (χ0v) is 18.7. The molecule has 10 atom stereocenters. The molecular weight excluding hydrogens is 460 g/mol. The smallest absolute Gasteiger partial charge is 0.229 e. The van der Waals surface area contributed by atoms with Gasteiger partial charge in [-0.1, -0.05) is 0 Å². The van der Waals surface area contributed by atoms with Gasteiger partial charge in [0.15, 0.2) is 12.1 Å². The predicted molar refractivity (Wildman–Crippen MR) is 110 cm³/mol. The zero-order valence-electron chi connectivity index (χ0n) is 18.7. The molecule has 2 heterocycles. The number of hydrogen-bond acceptors (Lipinski definition) is 13. The lowest BCUT2D eigenvalue weighted by Crippen LogP contribution is -2.61. The van der Waals surface area contributed by atoms with E-state index in [4.69, 9.17) is 23.7 Å². The Morgan fingerprint density at radius 2 is 1.53 bits per heavy atom. The number of carbonyl (C=O) groups is 1. The molecule has 1 aromatic rings. The first-order valence-corrected chi connectivity index (χ1v) is 10.6. The molecule has 2 aliphatic rings. The summed E-state index contributed by atoms with van der Waals surface area (Å²) in [6, 6.07) is 2.37. The third-order valence-electron chi connectivity index (χ3n) is 5.78. The van der Waals surface area contributed by atoms with Gasteiger partial charge in [0.25, 0.3) is 0 Å². The Kier molecular flexibility index (Phi) is 8.34. The fourth-order valence-corrected chi connectivity index (χ4v) is 3.79. The number of aromatic hydroxyl groups is 1. The van der Waals surface area contributed by atoms with Crippen molar-refractivity contribution in [1.29, 1.82) is 0 Å². The van der Waals surface area contributed by atoms with Crippen LogP contribution in [-0.2, 0) is 14.2 Å². The largest absolute Gasteiger partial charge is 0.507 e. The number of aliphatic hydroxyl groups excluding tert-OH is 6. The fourth-order valence-electron chi connectivity index (χ4n) is 3.79. The van der Waals surface area contributed by atoms with Crippen molar-refractivity contribution in [3.8, 4) is 17.2 Å². The third kappa shape index (κ3) is 5.27. The second-order valence-corrected chi connectivity index (χ2v) is 8.22. The molecule has 3 rings (SSSR count). The highest BCUT2D eigenvalue weighted by molar-refractivity contribution is 5.99. The van der Waals surface area contributed by atoms with Gasteiger partial charge in [0.1, 0.15) is 65.5 Å². The molecule has 13 heteroatoms. The highest BCUT2D eigenvalue weighted by atomic mass is 16.7. The van der Waals surface area contributed by atoms with Gasteiger partial charge in [0.05, 0.1) is 19.8 Å². The van der Waals surface area contributed by atoms with Crippen LogP contribution in [0.4, 0.5) is 0 Å². The second-order valence-electron chi connectivity index (χ2n) is 8.22. The predicted octanol–water partition coefficient (Wildman–Crippen LogP) is -2.37. The Hall–Kier alpha value is -2.07. The number of ether oxygens (including phenoxy) is 5. The van der Waals surface area contributed by atoms with E-state index < -0.39 is 79.6 Å². The van der Waals surface area contributed by atoms with Gasteiger partial charge in [-0.15, -0.1) is 0 Å². The van der Waals surface area contributed by atoms with Gasteiger partial charge >= 0.3 is 0 Å². The van der Waals surface area contributed by atoms with E-state index in [2.05, 4.69) is 0 Å². The number of methoxy groups -OCH3 is 1. The summed E-state index contributed by atoms with van der Waals surface area (Å²) in [6.07, 6.45) is -14.5. The van der Waals surface area contributed by atoms with Crippen LogP contribution in [0.5, 0.6) is 17.2 Å². The average Bonchev–Trinajstić information content (AvgIpc) is 2.79. The van der Waals surface area contributed by atoms with E-state index in [0.29, 0.717) is 0 Å². The van der Waals surface area contributed by atoms with Crippen LogP contribution < -0.4 is 9.47 Å². The summed E-state index contributed by atoms with van der Waals surface area (Å²) in [4.78, 5) is 11.7. The Balaban J connectivity index is 1.72.